The Balaban J connectivity index is 2.64. The molecule has 0 aliphatic rings. The first-order valence-electron chi connectivity index (χ1n) is 4.83. The van der Waals surface area contributed by atoms with Gasteiger partial charge in [0.1, 0.15) is 0 Å². The van der Waals surface area contributed by atoms with Crippen molar-refractivity contribution in [1.29, 1.82) is 0 Å². The Morgan fingerprint density at radius 2 is 2.20 bits per heavy atom. The maximum absolute atomic E-state index is 11.8. The van der Waals surface area contributed by atoms with Crippen molar-refractivity contribution in [2.45, 2.75) is 20.4 Å². The van der Waals surface area contributed by atoms with Crippen LogP contribution in [0.3, 0.4) is 0 Å². The van der Waals surface area contributed by atoms with Crippen LogP contribution >= 0.6 is 0 Å². The van der Waals surface area contributed by atoms with Gasteiger partial charge in [-0.3, -0.25) is 5.10 Å². The van der Waals surface area contributed by atoms with Gasteiger partial charge in [0.15, 0.2) is 0 Å². The highest BCUT2D eigenvalue weighted by Crippen LogP contribution is 2.08. The molecular formula is C9H17N3O2S. The monoisotopic (exact) mass is 231 g/mol. The minimum atomic E-state index is -3.14. The van der Waals surface area contributed by atoms with Crippen LogP contribution < -0.4 is 0 Å². The average Bonchev–Trinajstić information content (AvgIpc) is 2.54. The molecule has 0 aromatic carbocycles. The second kappa shape index (κ2) is 4.76. The van der Waals surface area contributed by atoms with Gasteiger partial charge in [0.25, 0.3) is 0 Å². The van der Waals surface area contributed by atoms with Crippen molar-refractivity contribution in [3.8, 4) is 0 Å². The summed E-state index contributed by atoms with van der Waals surface area (Å²) in [6.45, 7) is 4.15. The second-order valence-electron chi connectivity index (χ2n) is 4.03. The summed E-state index contributed by atoms with van der Waals surface area (Å²) in [5.41, 5.74) is 0.866. The summed E-state index contributed by atoms with van der Waals surface area (Å²) in [6.07, 6.45) is 3.32. The molecule has 0 aliphatic carbocycles. The van der Waals surface area contributed by atoms with E-state index in [2.05, 4.69) is 10.2 Å². The van der Waals surface area contributed by atoms with Crippen molar-refractivity contribution in [2.24, 2.45) is 5.92 Å². The molecule has 0 aliphatic heterocycles. The summed E-state index contributed by atoms with van der Waals surface area (Å²) < 4.78 is 24.9. The molecule has 1 aromatic heterocycles. The average molecular weight is 231 g/mol. The van der Waals surface area contributed by atoms with Crippen molar-refractivity contribution in [3.63, 3.8) is 0 Å². The van der Waals surface area contributed by atoms with Gasteiger partial charge in [-0.1, -0.05) is 13.8 Å². The van der Waals surface area contributed by atoms with Crippen LogP contribution in [-0.4, -0.2) is 35.7 Å². The lowest BCUT2D eigenvalue weighted by atomic mass is 10.3. The van der Waals surface area contributed by atoms with E-state index >= 15 is 0 Å². The van der Waals surface area contributed by atoms with Crippen LogP contribution in [0.2, 0.25) is 0 Å². The van der Waals surface area contributed by atoms with Crippen LogP contribution in [0.4, 0.5) is 0 Å². The van der Waals surface area contributed by atoms with Crippen LogP contribution in [0.15, 0.2) is 12.4 Å². The Hall–Kier alpha value is -0.880. The molecule has 5 nitrogen and oxygen atoms in total. The van der Waals surface area contributed by atoms with E-state index in [0.29, 0.717) is 6.54 Å². The Morgan fingerprint density at radius 1 is 1.53 bits per heavy atom. The molecule has 0 bridgehead atoms. The minimum absolute atomic E-state index is 0.141. The molecule has 0 saturated carbocycles. The molecule has 0 fully saturated rings. The first kappa shape index (κ1) is 12.2. The Bertz CT molecular complexity index is 383. The number of hydrogen-bond donors (Lipinski definition) is 1. The van der Waals surface area contributed by atoms with Crippen LogP contribution in [0.25, 0.3) is 0 Å². The molecule has 15 heavy (non-hydrogen) atoms. The van der Waals surface area contributed by atoms with E-state index in [1.807, 2.05) is 13.8 Å². The highest BCUT2D eigenvalue weighted by atomic mass is 32.2. The van der Waals surface area contributed by atoms with E-state index in [0.717, 1.165) is 5.56 Å². The number of aromatic nitrogens is 2. The van der Waals surface area contributed by atoms with Crippen LogP contribution in [0.1, 0.15) is 19.4 Å². The fraction of sp³-hybridized carbons (Fsp3) is 0.667. The number of H-pyrrole nitrogens is 1. The summed E-state index contributed by atoms with van der Waals surface area (Å²) >= 11 is 0. The smallest absolute Gasteiger partial charge is 0.214 e. The number of sulfonamides is 1. The molecule has 0 radical (unpaired) electrons. The number of aromatic amines is 1. The molecule has 0 amide bonds. The van der Waals surface area contributed by atoms with Gasteiger partial charge >= 0.3 is 0 Å². The Labute approximate surface area is 90.5 Å². The molecule has 0 atom stereocenters. The zero-order valence-electron chi connectivity index (χ0n) is 9.27. The van der Waals surface area contributed by atoms with E-state index in [-0.39, 0.29) is 11.7 Å². The van der Waals surface area contributed by atoms with E-state index in [9.17, 15) is 8.42 Å². The zero-order chi connectivity index (χ0) is 11.5. The predicted octanol–water partition coefficient (Wildman–Crippen LogP) is 0.827. The van der Waals surface area contributed by atoms with Crippen molar-refractivity contribution < 1.29 is 8.42 Å². The van der Waals surface area contributed by atoms with Crippen LogP contribution in [0.5, 0.6) is 0 Å². The molecule has 6 heteroatoms. The highest BCUT2D eigenvalue weighted by Gasteiger charge is 2.19. The molecule has 0 saturated heterocycles. The summed E-state index contributed by atoms with van der Waals surface area (Å²) in [6, 6.07) is 0. The third-order valence-electron chi connectivity index (χ3n) is 1.98. The summed E-state index contributed by atoms with van der Waals surface area (Å²) in [5, 5.41) is 6.43. The van der Waals surface area contributed by atoms with E-state index < -0.39 is 10.0 Å². The van der Waals surface area contributed by atoms with Gasteiger partial charge in [-0.05, 0) is 5.92 Å². The first-order valence-corrected chi connectivity index (χ1v) is 6.44. The number of nitrogens with one attached hydrogen (secondary N) is 1. The maximum Gasteiger partial charge on any atom is 0.214 e. The fourth-order valence-electron chi connectivity index (χ4n) is 1.27. The molecule has 1 rings (SSSR count). The second-order valence-corrected chi connectivity index (χ2v) is 6.16. The first-order chi connectivity index (χ1) is 6.92. The van der Waals surface area contributed by atoms with E-state index in [4.69, 9.17) is 0 Å². The number of rotatable bonds is 5. The SMILES string of the molecule is CC(C)CS(=O)(=O)N(C)Cc1cn[nH]c1. The molecule has 86 valence electrons. The minimum Gasteiger partial charge on any atom is -0.285 e. The largest absolute Gasteiger partial charge is 0.285 e. The molecule has 0 unspecified atom stereocenters. The van der Waals surface area contributed by atoms with Crippen LogP contribution in [0, 0.1) is 5.92 Å². The van der Waals surface area contributed by atoms with E-state index in [1.165, 1.54) is 4.31 Å². The Morgan fingerprint density at radius 3 is 2.67 bits per heavy atom. The van der Waals surface area contributed by atoms with Gasteiger partial charge in [0.05, 0.1) is 11.9 Å². The standard InChI is InChI=1S/C9H17N3O2S/c1-8(2)7-15(13,14)12(3)6-9-4-10-11-5-9/h4-5,8H,6-7H2,1-3H3,(H,10,11). The van der Waals surface area contributed by atoms with E-state index in [1.54, 1.807) is 19.4 Å². The maximum atomic E-state index is 11.8. The van der Waals surface area contributed by atoms with Crippen molar-refractivity contribution in [2.75, 3.05) is 12.8 Å². The summed E-state index contributed by atoms with van der Waals surface area (Å²) in [5.74, 6) is 0.322. The Kier molecular flexibility index (Phi) is 3.87. The topological polar surface area (TPSA) is 66.1 Å². The molecular weight excluding hydrogens is 214 g/mol. The van der Waals surface area contributed by atoms with Gasteiger partial charge in [0, 0.05) is 25.4 Å². The zero-order valence-corrected chi connectivity index (χ0v) is 10.1. The van der Waals surface area contributed by atoms with Crippen LogP contribution in [-0.2, 0) is 16.6 Å². The quantitative estimate of drug-likeness (QED) is 0.816. The summed E-state index contributed by atoms with van der Waals surface area (Å²) in [4.78, 5) is 0. The van der Waals surface area contributed by atoms with Crippen molar-refractivity contribution >= 4 is 10.0 Å². The number of hydrogen-bond acceptors (Lipinski definition) is 3. The lowest BCUT2D eigenvalue weighted by molar-refractivity contribution is 0.460. The third-order valence-corrected chi connectivity index (χ3v) is 4.15. The third kappa shape index (κ3) is 3.64. The lowest BCUT2D eigenvalue weighted by Crippen LogP contribution is -2.30. The van der Waals surface area contributed by atoms with Crippen molar-refractivity contribution in [3.05, 3.63) is 18.0 Å². The fourth-order valence-corrected chi connectivity index (χ4v) is 2.71. The normalized spacial score (nSPS) is 12.6. The predicted molar refractivity (Wildman–Crippen MR) is 58.7 cm³/mol. The highest BCUT2D eigenvalue weighted by molar-refractivity contribution is 7.89. The van der Waals surface area contributed by atoms with Gasteiger partial charge in [0.2, 0.25) is 10.0 Å². The molecule has 0 spiro atoms. The van der Waals surface area contributed by atoms with Gasteiger partial charge in [-0.2, -0.15) is 5.10 Å². The molecule has 1 aromatic rings. The lowest BCUT2D eigenvalue weighted by Gasteiger charge is -2.17. The summed E-state index contributed by atoms with van der Waals surface area (Å²) in [7, 11) is -1.56. The molecule has 1 N–H and O–H groups in total. The number of nitrogens with zero attached hydrogens (tertiary/aromatic N) is 2. The molecule has 1 heterocycles. The van der Waals surface area contributed by atoms with Crippen molar-refractivity contribution in [1.82, 2.24) is 14.5 Å². The van der Waals surface area contributed by atoms with Gasteiger partial charge < -0.3 is 0 Å². The van der Waals surface area contributed by atoms with Gasteiger partial charge in [-0.15, -0.1) is 0 Å². The van der Waals surface area contributed by atoms with Gasteiger partial charge in [-0.25, -0.2) is 12.7 Å².